The summed E-state index contributed by atoms with van der Waals surface area (Å²) in [5.74, 6) is 0.591. The molecule has 1 rings (SSSR count). The van der Waals surface area contributed by atoms with Gasteiger partial charge in [-0.05, 0) is 19.3 Å². The second-order valence-electron chi connectivity index (χ2n) is 6.01. The van der Waals surface area contributed by atoms with Crippen LogP contribution in [0.2, 0.25) is 0 Å². The molecule has 1 saturated carbocycles. The molecule has 3 nitrogen and oxygen atoms in total. The summed E-state index contributed by atoms with van der Waals surface area (Å²) in [6.45, 7) is 12.8. The van der Waals surface area contributed by atoms with E-state index < -0.39 is 0 Å². The molecule has 0 saturated heterocycles. The van der Waals surface area contributed by atoms with Gasteiger partial charge in [0.15, 0.2) is 0 Å². The topological polar surface area (TPSA) is 47.3 Å². The van der Waals surface area contributed by atoms with Crippen molar-refractivity contribution >= 4 is 0 Å². The first-order chi connectivity index (χ1) is 7.93. The van der Waals surface area contributed by atoms with Gasteiger partial charge in [0.05, 0.1) is 6.10 Å². The number of rotatable bonds is 7. The van der Waals surface area contributed by atoms with Crippen molar-refractivity contribution in [1.29, 1.82) is 0 Å². The fraction of sp³-hybridized carbons (Fsp3) is 1.00. The fourth-order valence-electron chi connectivity index (χ4n) is 2.50. The van der Waals surface area contributed by atoms with Crippen molar-refractivity contribution in [2.24, 2.45) is 17.1 Å². The number of nitrogens with one attached hydrogen (secondary N) is 1. The van der Waals surface area contributed by atoms with Crippen molar-refractivity contribution in [2.75, 3.05) is 13.2 Å². The van der Waals surface area contributed by atoms with Crippen LogP contribution in [-0.4, -0.2) is 31.3 Å². The Hall–Kier alpha value is -0.120. The van der Waals surface area contributed by atoms with Crippen molar-refractivity contribution in [2.45, 2.75) is 65.6 Å². The lowest BCUT2D eigenvalue weighted by molar-refractivity contribution is -0.114. The zero-order valence-electron chi connectivity index (χ0n) is 12.1. The maximum atomic E-state index is 6.14. The molecule has 17 heavy (non-hydrogen) atoms. The Morgan fingerprint density at radius 3 is 2.53 bits per heavy atom. The highest BCUT2D eigenvalue weighted by atomic mass is 16.5. The molecule has 0 amide bonds. The Balaban J connectivity index is 2.30. The Morgan fingerprint density at radius 2 is 2.06 bits per heavy atom. The summed E-state index contributed by atoms with van der Waals surface area (Å²) in [5.41, 5.74) is 6.38. The highest BCUT2D eigenvalue weighted by Gasteiger charge is 2.48. The fourth-order valence-corrected chi connectivity index (χ4v) is 2.50. The monoisotopic (exact) mass is 242 g/mol. The molecular weight excluding hydrogens is 212 g/mol. The molecule has 0 aromatic carbocycles. The Bertz CT molecular complexity index is 230. The van der Waals surface area contributed by atoms with Crippen LogP contribution >= 0.6 is 0 Å². The van der Waals surface area contributed by atoms with Gasteiger partial charge in [-0.2, -0.15) is 0 Å². The van der Waals surface area contributed by atoms with Crippen LogP contribution in [0.4, 0.5) is 0 Å². The van der Waals surface area contributed by atoms with Crippen LogP contribution in [-0.2, 0) is 4.74 Å². The molecule has 0 aromatic rings. The maximum absolute atomic E-state index is 6.14. The molecule has 1 aliphatic rings. The van der Waals surface area contributed by atoms with Crippen molar-refractivity contribution in [3.63, 3.8) is 0 Å². The third-order valence-corrected chi connectivity index (χ3v) is 4.52. The average molecular weight is 242 g/mol. The van der Waals surface area contributed by atoms with Crippen molar-refractivity contribution in [1.82, 2.24) is 5.32 Å². The van der Waals surface area contributed by atoms with Crippen LogP contribution in [0.3, 0.4) is 0 Å². The maximum Gasteiger partial charge on any atom is 0.0655 e. The highest BCUT2D eigenvalue weighted by molar-refractivity contribution is 5.03. The molecule has 1 aliphatic carbocycles. The van der Waals surface area contributed by atoms with Crippen molar-refractivity contribution in [3.05, 3.63) is 0 Å². The van der Waals surface area contributed by atoms with Crippen LogP contribution < -0.4 is 11.1 Å². The molecule has 0 spiro atoms. The lowest BCUT2D eigenvalue weighted by Crippen LogP contribution is -2.62. The molecule has 0 bridgehead atoms. The van der Waals surface area contributed by atoms with E-state index in [1.807, 2.05) is 0 Å². The molecule has 4 atom stereocenters. The molecule has 0 aromatic heterocycles. The van der Waals surface area contributed by atoms with Crippen molar-refractivity contribution < 1.29 is 4.74 Å². The SMILES string of the molecule is CCOC1CC(NCC(N)C(C)CC)C1(C)C. The molecule has 3 N–H and O–H groups in total. The Kier molecular flexibility index (Phi) is 5.42. The van der Waals surface area contributed by atoms with Crippen LogP contribution in [0.5, 0.6) is 0 Å². The summed E-state index contributed by atoms with van der Waals surface area (Å²) in [6, 6.07) is 0.816. The lowest BCUT2D eigenvalue weighted by atomic mass is 9.64. The summed E-state index contributed by atoms with van der Waals surface area (Å²) >= 11 is 0. The van der Waals surface area contributed by atoms with Gasteiger partial charge in [0.1, 0.15) is 0 Å². The van der Waals surface area contributed by atoms with E-state index in [4.69, 9.17) is 10.5 Å². The van der Waals surface area contributed by atoms with Gasteiger partial charge in [0.2, 0.25) is 0 Å². The molecule has 0 aliphatic heterocycles. The van der Waals surface area contributed by atoms with Gasteiger partial charge in [-0.3, -0.25) is 0 Å². The number of hydrogen-bond acceptors (Lipinski definition) is 3. The van der Waals surface area contributed by atoms with E-state index in [0.29, 0.717) is 18.1 Å². The highest BCUT2D eigenvalue weighted by Crippen LogP contribution is 2.42. The second-order valence-corrected chi connectivity index (χ2v) is 6.01. The summed E-state index contributed by atoms with van der Waals surface area (Å²) in [5, 5.41) is 3.61. The minimum Gasteiger partial charge on any atom is -0.378 e. The largest absolute Gasteiger partial charge is 0.378 e. The summed E-state index contributed by atoms with van der Waals surface area (Å²) in [7, 11) is 0. The van der Waals surface area contributed by atoms with Gasteiger partial charge in [0.25, 0.3) is 0 Å². The van der Waals surface area contributed by atoms with E-state index in [1.165, 1.54) is 0 Å². The molecule has 102 valence electrons. The molecule has 4 unspecified atom stereocenters. The van der Waals surface area contributed by atoms with Crippen molar-refractivity contribution in [3.8, 4) is 0 Å². The summed E-state index contributed by atoms with van der Waals surface area (Å²) < 4.78 is 5.73. The normalized spacial score (nSPS) is 30.7. The number of nitrogens with two attached hydrogens (primary N) is 1. The summed E-state index contributed by atoms with van der Waals surface area (Å²) in [4.78, 5) is 0. The lowest BCUT2D eigenvalue weighted by Gasteiger charge is -2.52. The number of ether oxygens (including phenoxy) is 1. The van der Waals surface area contributed by atoms with Gasteiger partial charge in [-0.15, -0.1) is 0 Å². The number of hydrogen-bond donors (Lipinski definition) is 2. The van der Waals surface area contributed by atoms with Gasteiger partial charge >= 0.3 is 0 Å². The van der Waals surface area contributed by atoms with Crippen LogP contribution in [0.15, 0.2) is 0 Å². The van der Waals surface area contributed by atoms with E-state index in [0.717, 1.165) is 26.0 Å². The zero-order chi connectivity index (χ0) is 13.1. The third kappa shape index (κ3) is 3.43. The van der Waals surface area contributed by atoms with E-state index in [1.54, 1.807) is 0 Å². The first-order valence-electron chi connectivity index (χ1n) is 7.04. The Labute approximate surface area is 106 Å². The molecular formula is C14H30N2O. The van der Waals surface area contributed by atoms with Gasteiger partial charge in [-0.1, -0.05) is 34.1 Å². The Morgan fingerprint density at radius 1 is 1.41 bits per heavy atom. The average Bonchev–Trinajstić information content (AvgIpc) is 2.31. The van der Waals surface area contributed by atoms with Crippen LogP contribution in [0, 0.1) is 11.3 Å². The standard InChI is InChI=1S/C14H30N2O/c1-6-10(3)11(15)9-16-12-8-13(17-7-2)14(12,4)5/h10-13,16H,6-9,15H2,1-5H3. The molecule has 1 fully saturated rings. The predicted octanol–water partition coefficient (Wildman–Crippen LogP) is 2.15. The molecule has 3 heteroatoms. The first-order valence-corrected chi connectivity index (χ1v) is 7.04. The molecule has 0 radical (unpaired) electrons. The summed E-state index contributed by atoms with van der Waals surface area (Å²) in [6.07, 6.45) is 2.68. The van der Waals surface area contributed by atoms with Gasteiger partial charge < -0.3 is 15.8 Å². The smallest absolute Gasteiger partial charge is 0.0655 e. The third-order valence-electron chi connectivity index (χ3n) is 4.52. The minimum absolute atomic E-state index is 0.241. The second kappa shape index (κ2) is 6.17. The van der Waals surface area contributed by atoms with E-state index in [9.17, 15) is 0 Å². The molecule has 0 heterocycles. The van der Waals surface area contributed by atoms with Crippen LogP contribution in [0.25, 0.3) is 0 Å². The van der Waals surface area contributed by atoms with E-state index in [-0.39, 0.29) is 11.5 Å². The first kappa shape index (κ1) is 14.9. The van der Waals surface area contributed by atoms with E-state index >= 15 is 0 Å². The van der Waals surface area contributed by atoms with Gasteiger partial charge in [-0.25, -0.2) is 0 Å². The predicted molar refractivity (Wildman–Crippen MR) is 73.0 cm³/mol. The van der Waals surface area contributed by atoms with Gasteiger partial charge in [0, 0.05) is 30.7 Å². The zero-order valence-corrected chi connectivity index (χ0v) is 12.1. The van der Waals surface area contributed by atoms with E-state index in [2.05, 4.69) is 39.9 Å². The van der Waals surface area contributed by atoms with Crippen LogP contribution in [0.1, 0.15) is 47.5 Å². The quantitative estimate of drug-likeness (QED) is 0.719. The minimum atomic E-state index is 0.241.